The molecule has 0 fully saturated rings. The van der Waals surface area contributed by atoms with Gasteiger partial charge >= 0.3 is 6.03 Å². The number of carbonyl (C=O) groups excluding carboxylic acids is 2. The Bertz CT molecular complexity index is 795. The summed E-state index contributed by atoms with van der Waals surface area (Å²) >= 11 is 5.81. The van der Waals surface area contributed by atoms with Gasteiger partial charge in [0.2, 0.25) is 5.91 Å². The molecule has 0 aromatic heterocycles. The standard InChI is InChI=1S/C19H20ClN3O3/c20-14-7-5-12(6-8-14)10-21-19(26)22-11-17(25)23-18-15-4-2-1-3-13(15)9-16(18)24/h1-8,16,18,24H,9-11H2,(H,23,25)(H2,21,22,26). The molecule has 0 saturated heterocycles. The Kier molecular flexibility index (Phi) is 5.75. The molecule has 26 heavy (non-hydrogen) atoms. The Morgan fingerprint density at radius 2 is 1.81 bits per heavy atom. The van der Waals surface area contributed by atoms with E-state index in [1.807, 2.05) is 36.4 Å². The molecule has 0 radical (unpaired) electrons. The molecule has 0 spiro atoms. The van der Waals surface area contributed by atoms with Gasteiger partial charge < -0.3 is 21.1 Å². The summed E-state index contributed by atoms with van der Waals surface area (Å²) in [7, 11) is 0. The zero-order chi connectivity index (χ0) is 18.5. The first kappa shape index (κ1) is 18.2. The van der Waals surface area contributed by atoms with Crippen LogP contribution in [0, 0.1) is 0 Å². The third-order valence-electron chi connectivity index (χ3n) is 4.30. The van der Waals surface area contributed by atoms with Crippen LogP contribution in [0.4, 0.5) is 4.79 Å². The van der Waals surface area contributed by atoms with Crippen LogP contribution in [0.15, 0.2) is 48.5 Å². The quantitative estimate of drug-likeness (QED) is 0.645. The Morgan fingerprint density at radius 3 is 2.58 bits per heavy atom. The van der Waals surface area contributed by atoms with E-state index in [1.165, 1.54) is 0 Å². The minimum absolute atomic E-state index is 0.169. The van der Waals surface area contributed by atoms with E-state index < -0.39 is 18.2 Å². The highest BCUT2D eigenvalue weighted by Crippen LogP contribution is 2.30. The van der Waals surface area contributed by atoms with Crippen LogP contribution < -0.4 is 16.0 Å². The van der Waals surface area contributed by atoms with Crippen LogP contribution in [0.2, 0.25) is 5.02 Å². The molecule has 2 unspecified atom stereocenters. The van der Waals surface area contributed by atoms with Gasteiger partial charge in [-0.2, -0.15) is 0 Å². The van der Waals surface area contributed by atoms with Crippen molar-refractivity contribution in [2.24, 2.45) is 0 Å². The summed E-state index contributed by atoms with van der Waals surface area (Å²) in [6.07, 6.45) is -0.147. The number of rotatable bonds is 5. The average Bonchev–Trinajstić information content (AvgIpc) is 2.95. The Morgan fingerprint density at radius 1 is 1.08 bits per heavy atom. The fourth-order valence-corrected chi connectivity index (χ4v) is 3.11. The Hall–Kier alpha value is -2.57. The maximum atomic E-state index is 12.1. The number of halogens is 1. The van der Waals surface area contributed by atoms with E-state index in [1.54, 1.807) is 12.1 Å². The molecule has 1 aliphatic rings. The van der Waals surface area contributed by atoms with E-state index in [2.05, 4.69) is 16.0 Å². The summed E-state index contributed by atoms with van der Waals surface area (Å²) in [5, 5.41) is 18.7. The SMILES string of the molecule is O=C(CNC(=O)NCc1ccc(Cl)cc1)NC1c2ccccc2CC1O. The number of aliphatic hydroxyl groups excluding tert-OH is 1. The molecule has 2 aromatic rings. The Labute approximate surface area is 156 Å². The molecule has 0 bridgehead atoms. The van der Waals surface area contributed by atoms with Gasteiger partial charge in [0.1, 0.15) is 0 Å². The van der Waals surface area contributed by atoms with Crippen LogP contribution in [-0.4, -0.2) is 29.7 Å². The van der Waals surface area contributed by atoms with Crippen molar-refractivity contribution in [3.8, 4) is 0 Å². The lowest BCUT2D eigenvalue weighted by molar-refractivity contribution is -0.121. The first-order chi connectivity index (χ1) is 12.5. The van der Waals surface area contributed by atoms with E-state index in [4.69, 9.17) is 11.6 Å². The zero-order valence-corrected chi connectivity index (χ0v) is 14.8. The summed E-state index contributed by atoms with van der Waals surface area (Å²) < 4.78 is 0. The number of amides is 3. The molecule has 3 rings (SSSR count). The van der Waals surface area contributed by atoms with Crippen molar-refractivity contribution in [1.29, 1.82) is 0 Å². The maximum absolute atomic E-state index is 12.1. The lowest BCUT2D eigenvalue weighted by Gasteiger charge is -2.18. The predicted molar refractivity (Wildman–Crippen MR) is 98.7 cm³/mol. The van der Waals surface area contributed by atoms with E-state index in [0.717, 1.165) is 16.7 Å². The van der Waals surface area contributed by atoms with Crippen molar-refractivity contribution in [2.45, 2.75) is 25.1 Å². The zero-order valence-electron chi connectivity index (χ0n) is 14.0. The van der Waals surface area contributed by atoms with Crippen LogP contribution in [-0.2, 0) is 17.8 Å². The molecule has 2 aromatic carbocycles. The normalized spacial score (nSPS) is 18.1. The van der Waals surface area contributed by atoms with Crippen molar-refractivity contribution in [1.82, 2.24) is 16.0 Å². The number of hydrogen-bond donors (Lipinski definition) is 4. The molecule has 2 atom stereocenters. The van der Waals surface area contributed by atoms with Gasteiger partial charge in [-0.3, -0.25) is 4.79 Å². The number of fused-ring (bicyclic) bond motifs is 1. The highest BCUT2D eigenvalue weighted by atomic mass is 35.5. The molecular weight excluding hydrogens is 354 g/mol. The number of aliphatic hydroxyl groups is 1. The summed E-state index contributed by atoms with van der Waals surface area (Å²) in [5.41, 5.74) is 2.85. The second-order valence-corrected chi connectivity index (χ2v) is 6.61. The summed E-state index contributed by atoms with van der Waals surface area (Å²) in [6.45, 7) is 0.164. The second kappa shape index (κ2) is 8.21. The molecular formula is C19H20ClN3O3. The fraction of sp³-hybridized carbons (Fsp3) is 0.263. The first-order valence-corrected chi connectivity index (χ1v) is 8.72. The largest absolute Gasteiger partial charge is 0.390 e. The molecule has 3 amide bonds. The number of urea groups is 1. The van der Waals surface area contributed by atoms with Gasteiger partial charge in [0, 0.05) is 18.0 Å². The van der Waals surface area contributed by atoms with Crippen molar-refractivity contribution in [2.75, 3.05) is 6.54 Å². The van der Waals surface area contributed by atoms with E-state index in [-0.39, 0.29) is 12.5 Å². The molecule has 0 heterocycles. The molecule has 0 aliphatic heterocycles. The summed E-state index contributed by atoms with van der Waals surface area (Å²) in [6, 6.07) is 13.8. The van der Waals surface area contributed by atoms with Gasteiger partial charge in [0.25, 0.3) is 0 Å². The average molecular weight is 374 g/mol. The van der Waals surface area contributed by atoms with Crippen LogP contribution in [0.5, 0.6) is 0 Å². The summed E-state index contributed by atoms with van der Waals surface area (Å²) in [4.78, 5) is 23.9. The van der Waals surface area contributed by atoms with E-state index in [0.29, 0.717) is 18.0 Å². The van der Waals surface area contributed by atoms with Gasteiger partial charge in [-0.1, -0.05) is 48.0 Å². The number of carbonyl (C=O) groups is 2. The monoisotopic (exact) mass is 373 g/mol. The van der Waals surface area contributed by atoms with Crippen molar-refractivity contribution in [3.05, 3.63) is 70.2 Å². The smallest absolute Gasteiger partial charge is 0.315 e. The molecule has 4 N–H and O–H groups in total. The molecule has 6 nitrogen and oxygen atoms in total. The lowest BCUT2D eigenvalue weighted by Crippen LogP contribution is -2.44. The second-order valence-electron chi connectivity index (χ2n) is 6.18. The number of hydrogen-bond acceptors (Lipinski definition) is 3. The van der Waals surface area contributed by atoms with Crippen LogP contribution in [0.1, 0.15) is 22.7 Å². The third kappa shape index (κ3) is 4.53. The molecule has 136 valence electrons. The maximum Gasteiger partial charge on any atom is 0.315 e. The Balaban J connectivity index is 1.44. The van der Waals surface area contributed by atoms with Crippen molar-refractivity contribution in [3.63, 3.8) is 0 Å². The number of benzene rings is 2. The van der Waals surface area contributed by atoms with Gasteiger partial charge in [-0.15, -0.1) is 0 Å². The van der Waals surface area contributed by atoms with Gasteiger partial charge in [0.15, 0.2) is 0 Å². The van der Waals surface area contributed by atoms with E-state index >= 15 is 0 Å². The van der Waals surface area contributed by atoms with Gasteiger partial charge in [-0.05, 0) is 28.8 Å². The van der Waals surface area contributed by atoms with Crippen molar-refractivity contribution < 1.29 is 14.7 Å². The minimum atomic E-state index is -0.657. The number of nitrogens with one attached hydrogen (secondary N) is 3. The van der Waals surface area contributed by atoms with Crippen LogP contribution >= 0.6 is 11.6 Å². The van der Waals surface area contributed by atoms with Crippen LogP contribution in [0.3, 0.4) is 0 Å². The van der Waals surface area contributed by atoms with Gasteiger partial charge in [-0.25, -0.2) is 4.79 Å². The van der Waals surface area contributed by atoms with Crippen LogP contribution in [0.25, 0.3) is 0 Å². The molecule has 0 saturated carbocycles. The molecule has 7 heteroatoms. The van der Waals surface area contributed by atoms with Gasteiger partial charge in [0.05, 0.1) is 18.7 Å². The highest BCUT2D eigenvalue weighted by Gasteiger charge is 2.31. The third-order valence-corrected chi connectivity index (χ3v) is 4.55. The first-order valence-electron chi connectivity index (χ1n) is 8.34. The lowest BCUT2D eigenvalue weighted by atomic mass is 10.1. The fourth-order valence-electron chi connectivity index (χ4n) is 2.98. The predicted octanol–water partition coefficient (Wildman–Crippen LogP) is 1.91. The van der Waals surface area contributed by atoms with E-state index in [9.17, 15) is 14.7 Å². The topological polar surface area (TPSA) is 90.5 Å². The summed E-state index contributed by atoms with van der Waals surface area (Å²) in [5.74, 6) is -0.354. The van der Waals surface area contributed by atoms with Crippen molar-refractivity contribution >= 4 is 23.5 Å². The minimum Gasteiger partial charge on any atom is -0.390 e. The highest BCUT2D eigenvalue weighted by molar-refractivity contribution is 6.30. The molecule has 1 aliphatic carbocycles.